The van der Waals surface area contributed by atoms with Crippen LogP contribution in [0.4, 0.5) is 5.69 Å². The number of allylic oxidation sites excluding steroid dienone is 8. The van der Waals surface area contributed by atoms with Crippen molar-refractivity contribution in [3.05, 3.63) is 107 Å². The number of hydrogen-bond donors (Lipinski definition) is 0. The highest BCUT2D eigenvalue weighted by Crippen LogP contribution is 2.45. The summed E-state index contributed by atoms with van der Waals surface area (Å²) in [5.74, 6) is 1.40. The van der Waals surface area contributed by atoms with Gasteiger partial charge in [0.1, 0.15) is 0 Å². The van der Waals surface area contributed by atoms with E-state index in [1.54, 1.807) is 10.6 Å². The molecular weight excluding hydrogens is 368 g/mol. The zero-order valence-electron chi connectivity index (χ0n) is 17.1. The van der Waals surface area contributed by atoms with Crippen LogP contribution < -0.4 is 5.56 Å². The van der Waals surface area contributed by atoms with E-state index in [-0.39, 0.29) is 5.56 Å². The van der Waals surface area contributed by atoms with E-state index in [1.165, 1.54) is 17.6 Å². The predicted octanol–water partition coefficient (Wildman–Crippen LogP) is 6.10. The predicted molar refractivity (Wildman–Crippen MR) is 124 cm³/mol. The van der Waals surface area contributed by atoms with Gasteiger partial charge in [0, 0.05) is 18.0 Å². The summed E-state index contributed by atoms with van der Waals surface area (Å²) in [7, 11) is 0. The highest BCUT2D eigenvalue weighted by molar-refractivity contribution is 6.15. The minimum atomic E-state index is -0.0467. The summed E-state index contributed by atoms with van der Waals surface area (Å²) in [5.41, 5.74) is 5.21. The van der Waals surface area contributed by atoms with Crippen LogP contribution in [0.1, 0.15) is 32.1 Å². The Morgan fingerprint density at radius 2 is 1.93 bits per heavy atom. The van der Waals surface area contributed by atoms with E-state index in [0.29, 0.717) is 5.92 Å². The van der Waals surface area contributed by atoms with E-state index in [2.05, 4.69) is 36.5 Å². The fraction of sp³-hybridized carbons (Fsp3) is 0.259. The van der Waals surface area contributed by atoms with Crippen LogP contribution in [0.25, 0.3) is 5.69 Å². The second-order valence-corrected chi connectivity index (χ2v) is 8.26. The average Bonchev–Trinajstić information content (AvgIpc) is 3.53. The maximum absolute atomic E-state index is 12.5. The lowest BCUT2D eigenvalue weighted by Gasteiger charge is -2.16. The second kappa shape index (κ2) is 8.27. The van der Waals surface area contributed by atoms with Gasteiger partial charge in [-0.3, -0.25) is 9.36 Å². The SMILES string of the molecule is O=c1ccc(N=C(C2=CC3CC3C=C2)/C2=C/C/C=C\CCC2)cn1-c1ccccc1. The summed E-state index contributed by atoms with van der Waals surface area (Å²) >= 11 is 0. The van der Waals surface area contributed by atoms with Crippen LogP contribution >= 0.6 is 0 Å². The van der Waals surface area contributed by atoms with Crippen LogP contribution in [0, 0.1) is 11.8 Å². The van der Waals surface area contributed by atoms with E-state index >= 15 is 0 Å². The van der Waals surface area contributed by atoms with E-state index in [0.717, 1.165) is 48.7 Å². The molecular formula is C27H26N2O. The van der Waals surface area contributed by atoms with E-state index in [1.807, 2.05) is 42.6 Å². The molecule has 3 heteroatoms. The molecule has 5 rings (SSSR count). The first-order chi connectivity index (χ1) is 14.8. The van der Waals surface area contributed by atoms with Crippen LogP contribution in [0.5, 0.6) is 0 Å². The first kappa shape index (κ1) is 18.8. The van der Waals surface area contributed by atoms with Gasteiger partial charge in [-0.25, -0.2) is 4.99 Å². The Morgan fingerprint density at radius 1 is 1.03 bits per heavy atom. The van der Waals surface area contributed by atoms with Gasteiger partial charge in [-0.15, -0.1) is 0 Å². The molecule has 2 aromatic rings. The molecule has 0 spiro atoms. The Balaban J connectivity index is 1.58. The van der Waals surface area contributed by atoms with Gasteiger partial charge in [-0.2, -0.15) is 0 Å². The third kappa shape index (κ3) is 4.06. The Kier molecular flexibility index (Phi) is 5.18. The third-order valence-electron chi connectivity index (χ3n) is 6.04. The molecule has 0 N–H and O–H groups in total. The number of benzene rings is 1. The topological polar surface area (TPSA) is 34.4 Å². The lowest BCUT2D eigenvalue weighted by Crippen LogP contribution is -2.16. The summed E-state index contributed by atoms with van der Waals surface area (Å²) in [4.78, 5) is 17.6. The average molecular weight is 395 g/mol. The zero-order chi connectivity index (χ0) is 20.3. The highest BCUT2D eigenvalue weighted by Gasteiger charge is 2.35. The van der Waals surface area contributed by atoms with Crippen molar-refractivity contribution >= 4 is 11.4 Å². The molecule has 0 aliphatic heterocycles. The Morgan fingerprint density at radius 3 is 2.80 bits per heavy atom. The molecule has 1 heterocycles. The fourth-order valence-electron chi connectivity index (χ4n) is 4.26. The van der Waals surface area contributed by atoms with Crippen molar-refractivity contribution in [3.63, 3.8) is 0 Å². The smallest absolute Gasteiger partial charge is 0.255 e. The molecule has 1 aromatic heterocycles. The molecule has 3 aliphatic carbocycles. The van der Waals surface area contributed by atoms with Crippen LogP contribution in [-0.4, -0.2) is 10.3 Å². The summed E-state index contributed by atoms with van der Waals surface area (Å²) in [5, 5.41) is 0. The maximum atomic E-state index is 12.5. The molecule has 150 valence electrons. The van der Waals surface area contributed by atoms with Crippen LogP contribution in [-0.2, 0) is 0 Å². The van der Waals surface area contributed by atoms with Crippen LogP contribution in [0.3, 0.4) is 0 Å². The molecule has 2 atom stereocenters. The summed E-state index contributed by atoms with van der Waals surface area (Å²) in [6, 6.07) is 13.2. The van der Waals surface area contributed by atoms with Crippen LogP contribution in [0.15, 0.2) is 106 Å². The van der Waals surface area contributed by atoms with Gasteiger partial charge >= 0.3 is 0 Å². The second-order valence-electron chi connectivity index (χ2n) is 8.26. The summed E-state index contributed by atoms with van der Waals surface area (Å²) in [6.45, 7) is 0. The zero-order valence-corrected chi connectivity index (χ0v) is 17.1. The number of para-hydroxylation sites is 1. The van der Waals surface area contributed by atoms with E-state index in [4.69, 9.17) is 4.99 Å². The van der Waals surface area contributed by atoms with Gasteiger partial charge in [0.2, 0.25) is 0 Å². The third-order valence-corrected chi connectivity index (χ3v) is 6.04. The molecule has 0 radical (unpaired) electrons. The summed E-state index contributed by atoms with van der Waals surface area (Å²) in [6.07, 6.45) is 21.1. The molecule has 2 unspecified atom stereocenters. The van der Waals surface area contributed by atoms with E-state index < -0.39 is 0 Å². The van der Waals surface area contributed by atoms with Crippen molar-refractivity contribution in [1.29, 1.82) is 0 Å². The number of rotatable bonds is 4. The van der Waals surface area contributed by atoms with Crippen molar-refractivity contribution in [3.8, 4) is 5.69 Å². The minimum absolute atomic E-state index is 0.0467. The first-order valence-corrected chi connectivity index (χ1v) is 10.9. The van der Waals surface area contributed by atoms with Crippen molar-refractivity contribution in [1.82, 2.24) is 4.57 Å². The quantitative estimate of drug-likeness (QED) is 0.456. The Hall–Kier alpha value is -3.20. The molecule has 3 aliphatic rings. The highest BCUT2D eigenvalue weighted by atomic mass is 16.1. The number of fused-ring (bicyclic) bond motifs is 1. The molecule has 0 bridgehead atoms. The molecule has 1 aromatic carbocycles. The van der Waals surface area contributed by atoms with Crippen molar-refractivity contribution < 1.29 is 0 Å². The number of aliphatic imine (C=N–C) groups is 1. The van der Waals surface area contributed by atoms with Gasteiger partial charge in [-0.05, 0) is 73.3 Å². The van der Waals surface area contributed by atoms with Gasteiger partial charge in [0.15, 0.2) is 0 Å². The molecule has 30 heavy (non-hydrogen) atoms. The van der Waals surface area contributed by atoms with E-state index in [9.17, 15) is 4.79 Å². The Labute approximate surface area is 177 Å². The molecule has 3 nitrogen and oxygen atoms in total. The number of pyridine rings is 1. The molecule has 1 fully saturated rings. The Bertz CT molecular complexity index is 1140. The molecule has 1 saturated carbocycles. The molecule has 0 amide bonds. The van der Waals surface area contributed by atoms with Gasteiger partial charge < -0.3 is 0 Å². The fourth-order valence-corrected chi connectivity index (χ4v) is 4.26. The number of aromatic nitrogens is 1. The normalized spacial score (nSPS) is 25.9. The monoisotopic (exact) mass is 394 g/mol. The number of nitrogens with zero attached hydrogens (tertiary/aromatic N) is 2. The van der Waals surface area contributed by atoms with Crippen molar-refractivity contribution in [2.45, 2.75) is 32.1 Å². The van der Waals surface area contributed by atoms with Gasteiger partial charge in [-0.1, -0.05) is 54.7 Å². The van der Waals surface area contributed by atoms with Crippen LogP contribution in [0.2, 0.25) is 0 Å². The number of hydrogen-bond acceptors (Lipinski definition) is 2. The lowest BCUT2D eigenvalue weighted by atomic mass is 9.92. The lowest BCUT2D eigenvalue weighted by molar-refractivity contribution is 0.840. The summed E-state index contributed by atoms with van der Waals surface area (Å²) < 4.78 is 1.67. The largest absolute Gasteiger partial charge is 0.282 e. The maximum Gasteiger partial charge on any atom is 0.255 e. The van der Waals surface area contributed by atoms with Crippen molar-refractivity contribution in [2.24, 2.45) is 16.8 Å². The first-order valence-electron chi connectivity index (χ1n) is 10.9. The van der Waals surface area contributed by atoms with Gasteiger partial charge in [0.05, 0.1) is 11.4 Å². The van der Waals surface area contributed by atoms with Crippen molar-refractivity contribution in [2.75, 3.05) is 0 Å². The minimum Gasteiger partial charge on any atom is -0.282 e. The molecule has 0 saturated heterocycles. The van der Waals surface area contributed by atoms with Gasteiger partial charge in [0.25, 0.3) is 5.56 Å². The standard InChI is InChI=1S/C27H26N2O/c30-26-16-15-24(19-29(26)25-11-7-4-8-12-25)28-27(20-9-5-2-1-3-6-10-20)22-14-13-21-17-23(21)18-22/h1-2,4,7-9,11-16,18-19,21,23H,3,5-6,10,17H2/b2-1-,20-9+,28-27?.